The van der Waals surface area contributed by atoms with E-state index >= 15 is 0 Å². The first-order valence-electron chi connectivity index (χ1n) is 15.6. The Morgan fingerprint density at radius 3 is 2.71 bits per heavy atom. The number of esters is 1. The highest BCUT2D eigenvalue weighted by Crippen LogP contribution is 2.68. The van der Waals surface area contributed by atoms with E-state index in [4.69, 9.17) is 4.74 Å². The lowest BCUT2D eigenvalue weighted by Crippen LogP contribution is -2.54. The van der Waals surface area contributed by atoms with Gasteiger partial charge in [0.25, 0.3) is 0 Å². The van der Waals surface area contributed by atoms with Gasteiger partial charge in [-0.05, 0) is 124 Å². The second-order valence-corrected chi connectivity index (χ2v) is 14.8. The summed E-state index contributed by atoms with van der Waals surface area (Å²) in [4.78, 5) is 11.9. The van der Waals surface area contributed by atoms with Crippen molar-refractivity contribution in [2.75, 3.05) is 6.61 Å². The highest BCUT2D eigenvalue weighted by molar-refractivity contribution is 7.19. The molecule has 0 amide bonds. The molecule has 4 saturated carbocycles. The maximum Gasteiger partial charge on any atom is 0.313 e. The largest absolute Gasteiger partial charge is 0.466 e. The van der Waals surface area contributed by atoms with Crippen molar-refractivity contribution in [3.05, 3.63) is 11.9 Å². The van der Waals surface area contributed by atoms with Crippen LogP contribution >= 0.6 is 9.24 Å². The number of ether oxygens (including phenoxy) is 1. The van der Waals surface area contributed by atoms with Gasteiger partial charge < -0.3 is 9.84 Å². The lowest BCUT2D eigenvalue weighted by molar-refractivity contribution is -0.142. The molecule has 6 nitrogen and oxygen atoms in total. The summed E-state index contributed by atoms with van der Waals surface area (Å²) in [5.74, 6) is 4.81. The average Bonchev–Trinajstić information content (AvgIpc) is 3.48. The zero-order chi connectivity index (χ0) is 27.1. The Kier molecular flexibility index (Phi) is 8.61. The third-order valence-corrected chi connectivity index (χ3v) is 12.6. The highest BCUT2D eigenvalue weighted by atomic mass is 31.0. The van der Waals surface area contributed by atoms with Gasteiger partial charge in [0.05, 0.1) is 24.1 Å². The standard InChI is InChI=1S/C31H52N3O3P/c1-5-37-29(36)28(38)18-22-19-34(33-32-22)16-6-7-20(2)25-10-11-26-24-9-8-21-17-23(35)12-14-30(21,3)27(24)13-15-31(25,26)4/h19-21,23-28,35H,5-18,38H2,1-4H3/t20-,21-,23-,24?,25?,26+,27?,28?,30+,31-/m1/s1. The summed E-state index contributed by atoms with van der Waals surface area (Å²) in [5.41, 5.74) is 1.55. The number of aromatic nitrogens is 3. The topological polar surface area (TPSA) is 77.2 Å². The molecule has 11 atom stereocenters. The molecule has 0 spiro atoms. The molecule has 1 N–H and O–H groups in total. The van der Waals surface area contributed by atoms with Gasteiger partial charge in [0.15, 0.2) is 0 Å². The Morgan fingerprint density at radius 1 is 1.16 bits per heavy atom. The summed E-state index contributed by atoms with van der Waals surface area (Å²) in [6.45, 7) is 10.9. The van der Waals surface area contributed by atoms with Crippen LogP contribution in [0, 0.1) is 46.3 Å². The smallest absolute Gasteiger partial charge is 0.313 e. The molecule has 0 saturated heterocycles. The van der Waals surface area contributed by atoms with Gasteiger partial charge in [-0.3, -0.25) is 9.48 Å². The number of fused-ring (bicyclic) bond motifs is 5. The molecule has 38 heavy (non-hydrogen) atoms. The number of hydrogen-bond acceptors (Lipinski definition) is 5. The predicted octanol–water partition coefficient (Wildman–Crippen LogP) is 6.06. The zero-order valence-electron chi connectivity index (χ0n) is 24.3. The first-order valence-corrected chi connectivity index (χ1v) is 16.3. The SMILES string of the molecule is CCOC(=O)C(P)Cc1cn(CCC[C@@H](C)C2CC[C@H]3C4CC[C@@H]5C[C@H](O)CC[C@]5(C)C4CC[C@]23C)nn1. The van der Waals surface area contributed by atoms with Crippen LogP contribution in [0.2, 0.25) is 0 Å². The van der Waals surface area contributed by atoms with E-state index in [2.05, 4.69) is 40.3 Å². The molecule has 214 valence electrons. The van der Waals surface area contributed by atoms with Gasteiger partial charge in [-0.15, -0.1) is 14.3 Å². The molecule has 0 radical (unpaired) electrons. The lowest BCUT2D eigenvalue weighted by Gasteiger charge is -2.61. The Hall–Kier alpha value is -1.00. The zero-order valence-corrected chi connectivity index (χ0v) is 25.4. The Bertz CT molecular complexity index is 970. The van der Waals surface area contributed by atoms with Crippen LogP contribution in [-0.4, -0.2) is 44.4 Å². The summed E-state index contributed by atoms with van der Waals surface area (Å²) < 4.78 is 7.06. The van der Waals surface area contributed by atoms with Crippen LogP contribution in [0.1, 0.15) is 104 Å². The number of rotatable bonds is 9. The van der Waals surface area contributed by atoms with Crippen LogP contribution in [-0.2, 0) is 22.5 Å². The molecule has 4 aliphatic carbocycles. The maximum atomic E-state index is 11.9. The molecular weight excluding hydrogens is 493 g/mol. The second kappa shape index (κ2) is 11.5. The van der Waals surface area contributed by atoms with Crippen LogP contribution in [0.5, 0.6) is 0 Å². The molecule has 1 aromatic heterocycles. The van der Waals surface area contributed by atoms with E-state index in [1.807, 2.05) is 17.8 Å². The van der Waals surface area contributed by atoms with Crippen LogP contribution < -0.4 is 0 Å². The van der Waals surface area contributed by atoms with Gasteiger partial charge in [0.1, 0.15) is 0 Å². The van der Waals surface area contributed by atoms with Gasteiger partial charge in [-0.25, -0.2) is 0 Å². The van der Waals surface area contributed by atoms with Crippen LogP contribution in [0.3, 0.4) is 0 Å². The van der Waals surface area contributed by atoms with Crippen LogP contribution in [0.15, 0.2) is 6.20 Å². The van der Waals surface area contributed by atoms with Gasteiger partial charge in [-0.1, -0.05) is 26.0 Å². The molecule has 1 heterocycles. The van der Waals surface area contributed by atoms with Crippen molar-refractivity contribution in [3.63, 3.8) is 0 Å². The Balaban J connectivity index is 1.14. The van der Waals surface area contributed by atoms with Crippen LogP contribution in [0.4, 0.5) is 0 Å². The predicted molar refractivity (Wildman–Crippen MR) is 153 cm³/mol. The molecule has 4 aliphatic rings. The first-order chi connectivity index (χ1) is 18.2. The summed E-state index contributed by atoms with van der Waals surface area (Å²) in [6, 6.07) is 0. The third kappa shape index (κ3) is 5.35. The second-order valence-electron chi connectivity index (χ2n) is 14.0. The first kappa shape index (κ1) is 28.5. The molecule has 0 aliphatic heterocycles. The highest BCUT2D eigenvalue weighted by Gasteiger charge is 2.60. The molecule has 1 aromatic rings. The van der Waals surface area contributed by atoms with E-state index in [1.165, 1.54) is 51.4 Å². The van der Waals surface area contributed by atoms with E-state index < -0.39 is 0 Å². The van der Waals surface area contributed by atoms with Crippen LogP contribution in [0.25, 0.3) is 0 Å². The number of aliphatic hydroxyl groups excluding tert-OH is 1. The van der Waals surface area contributed by atoms with E-state index in [0.717, 1.165) is 67.0 Å². The fourth-order valence-electron chi connectivity index (χ4n) is 10.1. The molecule has 0 bridgehead atoms. The fraction of sp³-hybridized carbons (Fsp3) is 0.903. The molecule has 0 aromatic carbocycles. The van der Waals surface area contributed by atoms with Gasteiger partial charge in [-0.2, -0.15) is 0 Å². The molecule has 5 unspecified atom stereocenters. The molecule has 7 heteroatoms. The van der Waals surface area contributed by atoms with Crippen molar-refractivity contribution >= 4 is 15.2 Å². The van der Waals surface area contributed by atoms with Crippen molar-refractivity contribution in [2.45, 2.75) is 123 Å². The number of aryl methyl sites for hydroxylation is 1. The minimum Gasteiger partial charge on any atom is -0.466 e. The van der Waals surface area contributed by atoms with E-state index in [9.17, 15) is 9.90 Å². The Labute approximate surface area is 232 Å². The van der Waals surface area contributed by atoms with Crippen molar-refractivity contribution in [1.29, 1.82) is 0 Å². The normalized spacial score (nSPS) is 40.1. The lowest BCUT2D eigenvalue weighted by atomic mass is 9.44. The fourth-order valence-corrected chi connectivity index (χ4v) is 10.4. The summed E-state index contributed by atoms with van der Waals surface area (Å²) in [5, 5.41) is 19.0. The van der Waals surface area contributed by atoms with Gasteiger partial charge in [0.2, 0.25) is 0 Å². The maximum absolute atomic E-state index is 11.9. The summed E-state index contributed by atoms with van der Waals surface area (Å²) in [7, 11) is 2.57. The summed E-state index contributed by atoms with van der Waals surface area (Å²) >= 11 is 0. The number of carbonyl (C=O) groups excluding carboxylic acids is 1. The number of nitrogens with zero attached hydrogens (tertiary/aromatic N) is 3. The van der Waals surface area contributed by atoms with Crippen molar-refractivity contribution in [2.24, 2.45) is 46.3 Å². The van der Waals surface area contributed by atoms with E-state index in [0.29, 0.717) is 23.9 Å². The molecule has 4 fully saturated rings. The van der Waals surface area contributed by atoms with Crippen molar-refractivity contribution < 1.29 is 14.6 Å². The molecule has 5 rings (SSSR count). The molecular formula is C31H52N3O3P. The minimum atomic E-state index is -0.270. The minimum absolute atomic E-state index is 0.0496. The number of aliphatic hydroxyl groups is 1. The van der Waals surface area contributed by atoms with E-state index in [-0.39, 0.29) is 17.7 Å². The summed E-state index contributed by atoms with van der Waals surface area (Å²) in [6.07, 6.45) is 16.6. The third-order valence-electron chi connectivity index (χ3n) is 12.0. The Morgan fingerprint density at radius 2 is 1.92 bits per heavy atom. The van der Waals surface area contributed by atoms with Gasteiger partial charge in [0, 0.05) is 19.2 Å². The number of carbonyl (C=O) groups is 1. The number of hydrogen-bond donors (Lipinski definition) is 1. The van der Waals surface area contributed by atoms with Crippen molar-refractivity contribution in [3.8, 4) is 0 Å². The quantitative estimate of drug-likeness (QED) is 0.301. The van der Waals surface area contributed by atoms with Crippen molar-refractivity contribution in [1.82, 2.24) is 15.0 Å². The average molecular weight is 546 g/mol. The van der Waals surface area contributed by atoms with Gasteiger partial charge >= 0.3 is 5.97 Å². The monoisotopic (exact) mass is 545 g/mol. The van der Waals surface area contributed by atoms with E-state index in [1.54, 1.807) is 0 Å².